The molecule has 4 rings (SSSR count). The summed E-state index contributed by atoms with van der Waals surface area (Å²) in [5, 5.41) is 4.49. The van der Waals surface area contributed by atoms with Crippen molar-refractivity contribution in [3.05, 3.63) is 70.0 Å². The molecule has 174 valence electrons. The Morgan fingerprint density at radius 3 is 2.61 bits per heavy atom. The number of hydrogen-bond acceptors (Lipinski definition) is 5. The van der Waals surface area contributed by atoms with Crippen molar-refractivity contribution in [1.29, 1.82) is 0 Å². The van der Waals surface area contributed by atoms with Crippen molar-refractivity contribution >= 4 is 34.1 Å². The Morgan fingerprint density at radius 2 is 1.85 bits per heavy atom. The van der Waals surface area contributed by atoms with E-state index in [1.807, 2.05) is 49.4 Å². The van der Waals surface area contributed by atoms with Crippen molar-refractivity contribution in [1.82, 2.24) is 14.8 Å². The number of anilines is 1. The normalized spacial score (nSPS) is 14.4. The summed E-state index contributed by atoms with van der Waals surface area (Å²) in [4.78, 5) is 29.3. The fourth-order valence-electron chi connectivity index (χ4n) is 4.20. The summed E-state index contributed by atoms with van der Waals surface area (Å²) < 4.78 is 7.41. The maximum absolute atomic E-state index is 12.4. The molecule has 2 heterocycles. The molecule has 7 nitrogen and oxygen atoms in total. The second-order valence-electron chi connectivity index (χ2n) is 8.06. The highest BCUT2D eigenvalue weighted by Crippen LogP contribution is 2.23. The fraction of sp³-hybridized carbons (Fsp3) is 0.360. The molecular weight excluding hydrogens is 440 g/mol. The lowest BCUT2D eigenvalue weighted by Gasteiger charge is -2.36. The van der Waals surface area contributed by atoms with Crippen LogP contribution in [-0.4, -0.2) is 61.2 Å². The summed E-state index contributed by atoms with van der Waals surface area (Å²) in [7, 11) is 0. The molecule has 1 aliphatic heterocycles. The minimum absolute atomic E-state index is 0.123. The van der Waals surface area contributed by atoms with E-state index < -0.39 is 0 Å². The second-order valence-corrected chi connectivity index (χ2v) is 8.49. The molecule has 3 aromatic rings. The Morgan fingerprint density at radius 1 is 1.06 bits per heavy atom. The predicted molar refractivity (Wildman–Crippen MR) is 132 cm³/mol. The van der Waals surface area contributed by atoms with Crippen LogP contribution in [0.2, 0.25) is 5.02 Å². The lowest BCUT2D eigenvalue weighted by Crippen LogP contribution is -2.48. The van der Waals surface area contributed by atoms with Crippen molar-refractivity contribution < 1.29 is 9.53 Å². The monoisotopic (exact) mass is 468 g/mol. The number of rotatable bonds is 8. The van der Waals surface area contributed by atoms with Crippen molar-refractivity contribution in [2.24, 2.45) is 0 Å². The zero-order chi connectivity index (χ0) is 23.2. The molecule has 0 aliphatic carbocycles. The number of amides is 1. The van der Waals surface area contributed by atoms with Crippen molar-refractivity contribution in [3.8, 4) is 5.75 Å². The Labute approximate surface area is 198 Å². The van der Waals surface area contributed by atoms with Crippen LogP contribution >= 0.6 is 11.6 Å². The van der Waals surface area contributed by atoms with Crippen molar-refractivity contribution in [3.63, 3.8) is 0 Å². The Balaban J connectivity index is 1.23. The first-order chi connectivity index (χ1) is 16.0. The zero-order valence-corrected chi connectivity index (χ0v) is 19.6. The van der Waals surface area contributed by atoms with Gasteiger partial charge in [-0.3, -0.25) is 14.5 Å². The number of benzene rings is 2. The van der Waals surface area contributed by atoms with E-state index in [9.17, 15) is 9.59 Å². The van der Waals surface area contributed by atoms with Gasteiger partial charge in [-0.05, 0) is 37.3 Å². The molecule has 0 atom stereocenters. The van der Waals surface area contributed by atoms with Crippen LogP contribution in [0.5, 0.6) is 5.75 Å². The van der Waals surface area contributed by atoms with E-state index in [4.69, 9.17) is 16.3 Å². The number of aromatic nitrogens is 1. The van der Waals surface area contributed by atoms with Crippen molar-refractivity contribution in [2.45, 2.75) is 13.5 Å². The molecule has 1 fully saturated rings. The van der Waals surface area contributed by atoms with Crippen LogP contribution in [0.15, 0.2) is 59.4 Å². The average molecular weight is 469 g/mol. The number of aryl methyl sites for hydroxylation is 1. The molecule has 1 aliphatic rings. The number of halogens is 1. The second kappa shape index (κ2) is 10.7. The van der Waals surface area contributed by atoms with Gasteiger partial charge in [0.1, 0.15) is 5.75 Å². The maximum atomic E-state index is 12.4. The van der Waals surface area contributed by atoms with Crippen LogP contribution in [0.4, 0.5) is 5.69 Å². The lowest BCUT2D eigenvalue weighted by atomic mass is 10.2. The summed E-state index contributed by atoms with van der Waals surface area (Å²) in [6.07, 6.45) is 0. The number of hydrogen-bond donors (Lipinski definition) is 1. The number of nitrogens with one attached hydrogen (secondary N) is 1. The maximum Gasteiger partial charge on any atom is 0.257 e. The molecule has 0 radical (unpaired) electrons. The van der Waals surface area contributed by atoms with Crippen LogP contribution in [-0.2, 0) is 11.3 Å². The smallest absolute Gasteiger partial charge is 0.257 e. The Kier molecular flexibility index (Phi) is 7.52. The number of pyridine rings is 1. The van der Waals surface area contributed by atoms with E-state index in [-0.39, 0.29) is 18.1 Å². The van der Waals surface area contributed by atoms with Crippen LogP contribution in [0.25, 0.3) is 10.9 Å². The Bertz CT molecular complexity index is 1170. The predicted octanol–water partition coefficient (Wildman–Crippen LogP) is 2.99. The quantitative estimate of drug-likeness (QED) is 0.550. The largest absolute Gasteiger partial charge is 0.483 e. The third kappa shape index (κ3) is 5.67. The van der Waals surface area contributed by atoms with Gasteiger partial charge >= 0.3 is 0 Å². The number of carbonyl (C=O) groups excluding carboxylic acids is 1. The van der Waals surface area contributed by atoms with Crippen molar-refractivity contribution in [2.75, 3.05) is 50.8 Å². The molecule has 0 unspecified atom stereocenters. The van der Waals surface area contributed by atoms with Gasteiger partial charge in [-0.25, -0.2) is 0 Å². The standard InChI is InChI=1S/C25H29ClN4O3/c1-2-30-22-9-4-3-8-21(22)23(17-25(30)32)33-18-24(31)27-10-11-28-12-14-29(15-13-28)20-7-5-6-19(26)16-20/h3-9,16-17H,2,10-15,18H2,1H3,(H,27,31). The highest BCUT2D eigenvalue weighted by atomic mass is 35.5. The van der Waals surface area contributed by atoms with Gasteiger partial charge in [0.2, 0.25) is 0 Å². The van der Waals surface area contributed by atoms with Gasteiger partial charge in [-0.15, -0.1) is 0 Å². The number of piperazine rings is 1. The van der Waals surface area contributed by atoms with Gasteiger partial charge in [0.25, 0.3) is 11.5 Å². The minimum atomic E-state index is -0.198. The molecule has 33 heavy (non-hydrogen) atoms. The average Bonchev–Trinajstić information content (AvgIpc) is 2.83. The molecule has 0 saturated carbocycles. The number of fused-ring (bicyclic) bond motifs is 1. The van der Waals surface area contributed by atoms with Gasteiger partial charge in [0.05, 0.1) is 5.52 Å². The van der Waals surface area contributed by atoms with Gasteiger partial charge in [0.15, 0.2) is 6.61 Å². The molecule has 1 amide bonds. The van der Waals surface area contributed by atoms with Gasteiger partial charge in [-0.2, -0.15) is 0 Å². The van der Waals surface area contributed by atoms with Crippen LogP contribution in [0.3, 0.4) is 0 Å². The van der Waals surface area contributed by atoms with E-state index in [0.717, 1.165) is 54.3 Å². The summed E-state index contributed by atoms with van der Waals surface area (Å²) in [6.45, 7) is 7.43. The van der Waals surface area contributed by atoms with Gasteiger partial charge in [0, 0.05) is 68.0 Å². The molecule has 1 aromatic heterocycles. The molecular formula is C25H29ClN4O3. The summed E-state index contributed by atoms with van der Waals surface area (Å²) in [5.41, 5.74) is 1.81. The Hall–Kier alpha value is -3.03. The van der Waals surface area contributed by atoms with Crippen LogP contribution < -0.4 is 20.5 Å². The van der Waals surface area contributed by atoms with Gasteiger partial charge < -0.3 is 19.5 Å². The summed E-state index contributed by atoms with van der Waals surface area (Å²) >= 11 is 6.10. The van der Waals surface area contributed by atoms with Crippen LogP contribution in [0, 0.1) is 0 Å². The van der Waals surface area contributed by atoms with E-state index in [1.165, 1.54) is 6.07 Å². The minimum Gasteiger partial charge on any atom is -0.483 e. The first kappa shape index (κ1) is 23.1. The van der Waals surface area contributed by atoms with E-state index in [2.05, 4.69) is 21.2 Å². The lowest BCUT2D eigenvalue weighted by molar-refractivity contribution is -0.123. The van der Waals surface area contributed by atoms with E-state index in [1.54, 1.807) is 4.57 Å². The first-order valence-corrected chi connectivity index (χ1v) is 11.7. The summed E-state index contributed by atoms with van der Waals surface area (Å²) in [6, 6.07) is 17.0. The molecule has 8 heteroatoms. The molecule has 1 N–H and O–H groups in total. The number of ether oxygens (including phenoxy) is 1. The molecule has 1 saturated heterocycles. The SMILES string of the molecule is CCn1c(=O)cc(OCC(=O)NCCN2CCN(c3cccc(Cl)c3)CC2)c2ccccc21. The number of para-hydroxylation sites is 1. The van der Waals surface area contributed by atoms with E-state index in [0.29, 0.717) is 18.8 Å². The van der Waals surface area contributed by atoms with Crippen LogP contribution in [0.1, 0.15) is 6.92 Å². The highest BCUT2D eigenvalue weighted by Gasteiger charge is 2.17. The molecule has 2 aromatic carbocycles. The highest BCUT2D eigenvalue weighted by molar-refractivity contribution is 6.30. The number of nitrogens with zero attached hydrogens (tertiary/aromatic N) is 3. The third-order valence-electron chi connectivity index (χ3n) is 5.95. The molecule has 0 bridgehead atoms. The topological polar surface area (TPSA) is 66.8 Å². The third-order valence-corrected chi connectivity index (χ3v) is 6.19. The zero-order valence-electron chi connectivity index (χ0n) is 18.8. The van der Waals surface area contributed by atoms with E-state index >= 15 is 0 Å². The number of carbonyl (C=O) groups is 1. The van der Waals surface area contributed by atoms with Gasteiger partial charge in [-0.1, -0.05) is 29.8 Å². The molecule has 0 spiro atoms. The fourth-order valence-corrected chi connectivity index (χ4v) is 4.38. The first-order valence-electron chi connectivity index (χ1n) is 11.3. The summed E-state index contributed by atoms with van der Waals surface area (Å²) in [5.74, 6) is 0.240.